The van der Waals surface area contributed by atoms with E-state index in [1.807, 2.05) is 24.3 Å². The van der Waals surface area contributed by atoms with Gasteiger partial charge in [-0.05, 0) is 17.7 Å². The van der Waals surface area contributed by atoms with Crippen molar-refractivity contribution in [2.75, 3.05) is 46.4 Å². The molecule has 136 valence electrons. The van der Waals surface area contributed by atoms with Crippen molar-refractivity contribution < 1.29 is 19.1 Å². The van der Waals surface area contributed by atoms with Gasteiger partial charge < -0.3 is 25.6 Å². The summed E-state index contributed by atoms with van der Waals surface area (Å²) in [6.45, 7) is 1.69. The molecule has 0 radical (unpaired) electrons. The van der Waals surface area contributed by atoms with Crippen LogP contribution in [-0.4, -0.2) is 73.9 Å². The molecule has 1 aliphatic heterocycles. The molecular formula is C17H24N4O4. The van der Waals surface area contributed by atoms with Crippen molar-refractivity contribution in [1.29, 1.82) is 0 Å². The summed E-state index contributed by atoms with van der Waals surface area (Å²) in [7, 11) is 1.59. The summed E-state index contributed by atoms with van der Waals surface area (Å²) in [5.74, 6) is 0.221. The molecule has 1 fully saturated rings. The molecule has 1 heterocycles. The van der Waals surface area contributed by atoms with Gasteiger partial charge in [0, 0.05) is 26.2 Å². The summed E-state index contributed by atoms with van der Waals surface area (Å²) in [5, 5.41) is 2.46. The Morgan fingerprint density at radius 3 is 2.36 bits per heavy atom. The number of amides is 3. The maximum absolute atomic E-state index is 12.4. The van der Waals surface area contributed by atoms with E-state index >= 15 is 0 Å². The van der Waals surface area contributed by atoms with Gasteiger partial charge in [0.25, 0.3) is 0 Å². The molecule has 3 amide bonds. The molecule has 1 aromatic carbocycles. The maximum atomic E-state index is 12.4. The minimum absolute atomic E-state index is 0.0248. The number of ether oxygens (including phenoxy) is 1. The number of rotatable bonds is 6. The second kappa shape index (κ2) is 9.03. The highest BCUT2D eigenvalue weighted by atomic mass is 16.5. The number of nitrogens with two attached hydrogens (primary N) is 1. The van der Waals surface area contributed by atoms with Gasteiger partial charge in [0.2, 0.25) is 17.7 Å². The molecule has 0 aliphatic carbocycles. The Kier molecular flexibility index (Phi) is 6.76. The number of carbonyl (C=O) groups excluding carboxylic acids is 3. The van der Waals surface area contributed by atoms with Crippen LogP contribution in [0.25, 0.3) is 0 Å². The zero-order valence-electron chi connectivity index (χ0n) is 14.4. The number of carbonyl (C=O) groups is 3. The van der Waals surface area contributed by atoms with Gasteiger partial charge in [0.05, 0.1) is 26.6 Å². The van der Waals surface area contributed by atoms with Crippen LogP contribution >= 0.6 is 0 Å². The van der Waals surface area contributed by atoms with Crippen LogP contribution < -0.4 is 15.8 Å². The van der Waals surface area contributed by atoms with Crippen LogP contribution in [0.1, 0.15) is 5.56 Å². The third-order valence-electron chi connectivity index (χ3n) is 4.10. The molecule has 1 aliphatic rings. The number of nitrogens with one attached hydrogen (secondary N) is 1. The molecule has 8 heteroatoms. The second-order valence-corrected chi connectivity index (χ2v) is 5.77. The van der Waals surface area contributed by atoms with Crippen molar-refractivity contribution in [2.24, 2.45) is 5.73 Å². The molecule has 1 aromatic rings. The molecule has 1 saturated heterocycles. The van der Waals surface area contributed by atoms with E-state index in [2.05, 4.69) is 5.32 Å². The van der Waals surface area contributed by atoms with Gasteiger partial charge in [-0.2, -0.15) is 0 Å². The Labute approximate surface area is 146 Å². The van der Waals surface area contributed by atoms with Crippen LogP contribution in [0.3, 0.4) is 0 Å². The SMILES string of the molecule is COc1cccc(CC(=O)N2CCN(C(=O)CNC(=O)CN)CC2)c1. The van der Waals surface area contributed by atoms with E-state index < -0.39 is 0 Å². The zero-order chi connectivity index (χ0) is 18.2. The molecule has 0 unspecified atom stereocenters. The number of methoxy groups -OCH3 is 1. The van der Waals surface area contributed by atoms with E-state index in [0.29, 0.717) is 32.6 Å². The highest BCUT2D eigenvalue weighted by Gasteiger charge is 2.24. The van der Waals surface area contributed by atoms with Crippen molar-refractivity contribution in [3.8, 4) is 5.75 Å². The third kappa shape index (κ3) is 5.46. The summed E-state index contributed by atoms with van der Waals surface area (Å²) >= 11 is 0. The largest absolute Gasteiger partial charge is 0.497 e. The van der Waals surface area contributed by atoms with E-state index in [0.717, 1.165) is 11.3 Å². The zero-order valence-corrected chi connectivity index (χ0v) is 14.4. The van der Waals surface area contributed by atoms with Crippen LogP contribution in [0, 0.1) is 0 Å². The van der Waals surface area contributed by atoms with Crippen molar-refractivity contribution in [3.05, 3.63) is 29.8 Å². The Morgan fingerprint density at radius 1 is 1.12 bits per heavy atom. The standard InChI is InChI=1S/C17H24N4O4/c1-25-14-4-2-3-13(9-14)10-16(23)20-5-7-21(8-6-20)17(24)12-19-15(22)11-18/h2-4,9H,5-8,10-12,18H2,1H3,(H,19,22). The molecule has 8 nitrogen and oxygen atoms in total. The number of piperazine rings is 1. The van der Waals surface area contributed by atoms with Crippen LogP contribution in [0.15, 0.2) is 24.3 Å². The van der Waals surface area contributed by atoms with Gasteiger partial charge in [-0.3, -0.25) is 14.4 Å². The molecule has 0 aromatic heterocycles. The minimum Gasteiger partial charge on any atom is -0.497 e. The summed E-state index contributed by atoms with van der Waals surface area (Å²) in [5.41, 5.74) is 6.08. The third-order valence-corrected chi connectivity index (χ3v) is 4.10. The smallest absolute Gasteiger partial charge is 0.242 e. The molecule has 0 bridgehead atoms. The first-order valence-corrected chi connectivity index (χ1v) is 8.18. The average Bonchev–Trinajstić information content (AvgIpc) is 2.66. The lowest BCUT2D eigenvalue weighted by Gasteiger charge is -2.35. The summed E-state index contributed by atoms with van der Waals surface area (Å²) in [4.78, 5) is 38.9. The van der Waals surface area contributed by atoms with E-state index in [1.165, 1.54) is 0 Å². The molecule has 3 N–H and O–H groups in total. The van der Waals surface area contributed by atoms with Crippen LogP contribution in [0.2, 0.25) is 0 Å². The van der Waals surface area contributed by atoms with Crippen molar-refractivity contribution in [3.63, 3.8) is 0 Å². The quantitative estimate of drug-likeness (QED) is 0.685. The van der Waals surface area contributed by atoms with E-state index in [-0.39, 0.29) is 30.8 Å². The summed E-state index contributed by atoms with van der Waals surface area (Å²) in [6, 6.07) is 7.42. The van der Waals surface area contributed by atoms with Crippen molar-refractivity contribution in [2.45, 2.75) is 6.42 Å². The Bertz CT molecular complexity index is 627. The topological polar surface area (TPSA) is 105 Å². The Balaban J connectivity index is 1.79. The fraction of sp³-hybridized carbons (Fsp3) is 0.471. The Hall–Kier alpha value is -2.61. The van der Waals surface area contributed by atoms with Gasteiger partial charge in [0.15, 0.2) is 0 Å². The van der Waals surface area contributed by atoms with Crippen LogP contribution in [-0.2, 0) is 20.8 Å². The molecular weight excluding hydrogens is 324 g/mol. The fourth-order valence-electron chi connectivity index (χ4n) is 2.63. The molecule has 0 atom stereocenters. The minimum atomic E-state index is -0.361. The molecule has 0 saturated carbocycles. The predicted molar refractivity (Wildman–Crippen MR) is 91.9 cm³/mol. The van der Waals surface area contributed by atoms with Gasteiger partial charge >= 0.3 is 0 Å². The monoisotopic (exact) mass is 348 g/mol. The molecule has 2 rings (SSSR count). The maximum Gasteiger partial charge on any atom is 0.242 e. The number of hydrogen-bond acceptors (Lipinski definition) is 5. The fourth-order valence-corrected chi connectivity index (χ4v) is 2.63. The summed E-state index contributed by atoms with van der Waals surface area (Å²) in [6.07, 6.45) is 0.303. The lowest BCUT2D eigenvalue weighted by Crippen LogP contribution is -2.53. The van der Waals surface area contributed by atoms with Crippen LogP contribution in [0.5, 0.6) is 5.75 Å². The predicted octanol–water partition coefficient (Wildman–Crippen LogP) is -1.02. The summed E-state index contributed by atoms with van der Waals surface area (Å²) < 4.78 is 5.16. The number of nitrogens with zero attached hydrogens (tertiary/aromatic N) is 2. The first-order valence-electron chi connectivity index (χ1n) is 8.18. The van der Waals surface area contributed by atoms with Gasteiger partial charge in [-0.25, -0.2) is 0 Å². The average molecular weight is 348 g/mol. The lowest BCUT2D eigenvalue weighted by atomic mass is 10.1. The van der Waals surface area contributed by atoms with Gasteiger partial charge in [-0.1, -0.05) is 12.1 Å². The number of benzene rings is 1. The van der Waals surface area contributed by atoms with Crippen molar-refractivity contribution >= 4 is 17.7 Å². The van der Waals surface area contributed by atoms with Gasteiger partial charge in [-0.15, -0.1) is 0 Å². The van der Waals surface area contributed by atoms with Crippen LogP contribution in [0.4, 0.5) is 0 Å². The van der Waals surface area contributed by atoms with E-state index in [1.54, 1.807) is 16.9 Å². The molecule has 25 heavy (non-hydrogen) atoms. The lowest BCUT2D eigenvalue weighted by molar-refractivity contribution is -0.139. The number of hydrogen-bond donors (Lipinski definition) is 2. The second-order valence-electron chi connectivity index (χ2n) is 5.77. The van der Waals surface area contributed by atoms with E-state index in [4.69, 9.17) is 10.5 Å². The first-order chi connectivity index (χ1) is 12.0. The highest BCUT2D eigenvalue weighted by molar-refractivity contribution is 5.85. The normalized spacial score (nSPS) is 14.2. The first kappa shape index (κ1) is 18.7. The highest BCUT2D eigenvalue weighted by Crippen LogP contribution is 2.14. The van der Waals surface area contributed by atoms with E-state index in [9.17, 15) is 14.4 Å². The van der Waals surface area contributed by atoms with Gasteiger partial charge in [0.1, 0.15) is 5.75 Å². The molecule has 0 spiro atoms. The Morgan fingerprint density at radius 2 is 1.76 bits per heavy atom. The van der Waals surface area contributed by atoms with Crippen molar-refractivity contribution in [1.82, 2.24) is 15.1 Å².